The maximum absolute atomic E-state index is 13.0. The van der Waals surface area contributed by atoms with Gasteiger partial charge in [-0.15, -0.1) is 0 Å². The van der Waals surface area contributed by atoms with Gasteiger partial charge in [-0.05, 0) is 18.6 Å². The van der Waals surface area contributed by atoms with Gasteiger partial charge in [0.25, 0.3) is 0 Å². The van der Waals surface area contributed by atoms with Crippen molar-refractivity contribution in [2.24, 2.45) is 5.92 Å². The maximum atomic E-state index is 13.0. The number of carboxylic acids is 1. The van der Waals surface area contributed by atoms with Crippen molar-refractivity contribution < 1.29 is 32.5 Å². The molecular weight excluding hydrogens is 379 g/mol. The predicted molar refractivity (Wildman–Crippen MR) is 92.8 cm³/mol. The quantitative estimate of drug-likeness (QED) is 0.802. The number of rotatable bonds is 6. The molecular formula is C18H18F3N3O4. The Labute approximate surface area is 158 Å². The summed E-state index contributed by atoms with van der Waals surface area (Å²) < 4.78 is 49.6. The zero-order valence-electron chi connectivity index (χ0n) is 14.9. The smallest absolute Gasteiger partial charge is 0.419 e. The number of para-hydroxylation sites is 1. The maximum Gasteiger partial charge on any atom is 0.419 e. The van der Waals surface area contributed by atoms with E-state index in [1.165, 1.54) is 31.4 Å². The van der Waals surface area contributed by atoms with E-state index in [4.69, 9.17) is 14.6 Å². The fraction of sp³-hybridized carbons (Fsp3) is 0.389. The van der Waals surface area contributed by atoms with Crippen molar-refractivity contribution >= 4 is 11.9 Å². The van der Waals surface area contributed by atoms with Crippen molar-refractivity contribution in [1.29, 1.82) is 0 Å². The Morgan fingerprint density at radius 3 is 2.75 bits per heavy atom. The molecule has 10 heteroatoms. The number of methoxy groups -OCH3 is 1. The Balaban J connectivity index is 1.67. The summed E-state index contributed by atoms with van der Waals surface area (Å²) >= 11 is 0. The highest BCUT2D eigenvalue weighted by molar-refractivity contribution is 5.86. The molecule has 1 aliphatic rings. The molecule has 0 aliphatic carbocycles. The van der Waals surface area contributed by atoms with E-state index < -0.39 is 17.7 Å². The Morgan fingerprint density at radius 2 is 2.07 bits per heavy atom. The number of carboxylic acid groups (broad SMARTS) is 1. The van der Waals surface area contributed by atoms with E-state index in [1.807, 2.05) is 0 Å². The number of ether oxygens (including phenoxy) is 2. The molecule has 150 valence electrons. The highest BCUT2D eigenvalue weighted by Gasteiger charge is 2.34. The molecule has 7 nitrogen and oxygen atoms in total. The summed E-state index contributed by atoms with van der Waals surface area (Å²) in [5, 5.41) is 9.15. The van der Waals surface area contributed by atoms with Crippen LogP contribution >= 0.6 is 0 Å². The molecule has 1 aromatic heterocycles. The summed E-state index contributed by atoms with van der Waals surface area (Å²) in [6, 6.07) is 6.29. The standard InChI is InChI=1S/C18H18F3N3O4/c1-27-15-8-13(16(25)26)22-17(23-15)24-7-6-11(9-24)10-28-14-5-3-2-4-12(14)18(19,20)21/h2-5,8,11H,6-7,9-10H2,1H3,(H,25,26). The number of carbonyl (C=O) groups is 1. The van der Waals surface area contributed by atoms with Gasteiger partial charge < -0.3 is 19.5 Å². The van der Waals surface area contributed by atoms with E-state index in [2.05, 4.69) is 9.97 Å². The van der Waals surface area contributed by atoms with Gasteiger partial charge in [0, 0.05) is 25.1 Å². The minimum Gasteiger partial charge on any atom is -0.493 e. The predicted octanol–water partition coefficient (Wildman–Crippen LogP) is 3.11. The van der Waals surface area contributed by atoms with Gasteiger partial charge in [0.1, 0.15) is 5.75 Å². The molecule has 1 fully saturated rings. The molecule has 3 rings (SSSR count). The van der Waals surface area contributed by atoms with Gasteiger partial charge in [0.15, 0.2) is 5.69 Å². The molecule has 0 radical (unpaired) electrons. The SMILES string of the molecule is COc1cc(C(=O)O)nc(N2CCC(COc3ccccc3C(F)(F)F)C2)n1. The van der Waals surface area contributed by atoms with Crippen LogP contribution in [0, 0.1) is 5.92 Å². The van der Waals surface area contributed by atoms with Crippen molar-refractivity contribution in [3.8, 4) is 11.6 Å². The van der Waals surface area contributed by atoms with Crippen molar-refractivity contribution in [3.63, 3.8) is 0 Å². The lowest BCUT2D eigenvalue weighted by atomic mass is 10.1. The minimum absolute atomic E-state index is 0.0515. The third-order valence-electron chi connectivity index (χ3n) is 4.35. The Kier molecular flexibility index (Phi) is 5.57. The molecule has 1 aliphatic heterocycles. The highest BCUT2D eigenvalue weighted by atomic mass is 19.4. The molecule has 1 N–H and O–H groups in total. The fourth-order valence-corrected chi connectivity index (χ4v) is 2.95. The minimum atomic E-state index is -4.49. The number of halogens is 3. The Bertz CT molecular complexity index is 860. The first-order valence-electron chi connectivity index (χ1n) is 8.48. The Morgan fingerprint density at radius 1 is 1.32 bits per heavy atom. The molecule has 1 aromatic carbocycles. The van der Waals surface area contributed by atoms with Crippen LogP contribution in [0.25, 0.3) is 0 Å². The van der Waals surface area contributed by atoms with Crippen LogP contribution in [0.4, 0.5) is 19.1 Å². The van der Waals surface area contributed by atoms with Crippen molar-refractivity contribution in [3.05, 3.63) is 41.6 Å². The van der Waals surface area contributed by atoms with Crippen molar-refractivity contribution in [2.75, 3.05) is 31.7 Å². The number of anilines is 1. The number of nitrogens with zero attached hydrogens (tertiary/aromatic N) is 3. The van der Waals surface area contributed by atoms with E-state index in [1.54, 1.807) is 4.90 Å². The second kappa shape index (κ2) is 7.91. The first kappa shape index (κ1) is 19.7. The average Bonchev–Trinajstić information content (AvgIpc) is 3.14. The van der Waals surface area contributed by atoms with Gasteiger partial charge in [-0.3, -0.25) is 0 Å². The number of hydrogen-bond donors (Lipinski definition) is 1. The molecule has 1 atom stereocenters. The van der Waals surface area contributed by atoms with Gasteiger partial charge in [-0.1, -0.05) is 12.1 Å². The van der Waals surface area contributed by atoms with Crippen LogP contribution in [0.5, 0.6) is 11.6 Å². The number of alkyl halides is 3. The van der Waals surface area contributed by atoms with Gasteiger partial charge in [0.05, 0.1) is 19.3 Å². The van der Waals surface area contributed by atoms with Crippen LogP contribution in [0.2, 0.25) is 0 Å². The molecule has 0 spiro atoms. The number of benzene rings is 1. The molecule has 0 bridgehead atoms. The van der Waals surface area contributed by atoms with E-state index in [0.29, 0.717) is 19.5 Å². The van der Waals surface area contributed by atoms with Crippen LogP contribution in [-0.4, -0.2) is 47.8 Å². The Hall–Kier alpha value is -3.04. The van der Waals surface area contributed by atoms with Crippen LogP contribution in [-0.2, 0) is 6.18 Å². The molecule has 1 saturated heterocycles. The monoisotopic (exact) mass is 397 g/mol. The third kappa shape index (κ3) is 4.44. The average molecular weight is 397 g/mol. The summed E-state index contributed by atoms with van der Waals surface area (Å²) in [5.41, 5.74) is -1.01. The van der Waals surface area contributed by atoms with E-state index in [-0.39, 0.29) is 35.8 Å². The van der Waals surface area contributed by atoms with Gasteiger partial charge >= 0.3 is 12.1 Å². The van der Waals surface area contributed by atoms with E-state index >= 15 is 0 Å². The summed E-state index contributed by atoms with van der Waals surface area (Å²) in [4.78, 5) is 21.1. The molecule has 1 unspecified atom stereocenters. The van der Waals surface area contributed by atoms with E-state index in [9.17, 15) is 18.0 Å². The zero-order chi connectivity index (χ0) is 20.3. The number of hydrogen-bond acceptors (Lipinski definition) is 6. The third-order valence-corrected chi connectivity index (χ3v) is 4.35. The highest BCUT2D eigenvalue weighted by Crippen LogP contribution is 2.36. The lowest BCUT2D eigenvalue weighted by Crippen LogP contribution is -2.25. The molecule has 2 heterocycles. The fourth-order valence-electron chi connectivity index (χ4n) is 2.95. The summed E-state index contributed by atoms with van der Waals surface area (Å²) in [7, 11) is 1.37. The first-order chi connectivity index (χ1) is 13.3. The summed E-state index contributed by atoms with van der Waals surface area (Å²) in [6.07, 6.45) is -3.84. The number of aromatic carboxylic acids is 1. The van der Waals surface area contributed by atoms with Gasteiger partial charge in [-0.2, -0.15) is 18.2 Å². The topological polar surface area (TPSA) is 84.8 Å². The van der Waals surface area contributed by atoms with Crippen LogP contribution in [0.1, 0.15) is 22.5 Å². The van der Waals surface area contributed by atoms with Crippen LogP contribution in [0.3, 0.4) is 0 Å². The molecule has 28 heavy (non-hydrogen) atoms. The normalized spacial score (nSPS) is 16.9. The largest absolute Gasteiger partial charge is 0.493 e. The van der Waals surface area contributed by atoms with Crippen LogP contribution in [0.15, 0.2) is 30.3 Å². The first-order valence-corrected chi connectivity index (χ1v) is 8.48. The second-order valence-corrected chi connectivity index (χ2v) is 6.31. The molecule has 0 saturated carbocycles. The summed E-state index contributed by atoms with van der Waals surface area (Å²) in [5.74, 6) is -1.13. The summed E-state index contributed by atoms with van der Waals surface area (Å²) in [6.45, 7) is 1.06. The van der Waals surface area contributed by atoms with E-state index in [0.717, 1.165) is 6.07 Å². The zero-order valence-corrected chi connectivity index (χ0v) is 14.9. The van der Waals surface area contributed by atoms with Gasteiger partial charge in [0.2, 0.25) is 11.8 Å². The second-order valence-electron chi connectivity index (χ2n) is 6.31. The molecule has 0 amide bonds. The van der Waals surface area contributed by atoms with Crippen molar-refractivity contribution in [1.82, 2.24) is 9.97 Å². The molecule has 2 aromatic rings. The van der Waals surface area contributed by atoms with Crippen molar-refractivity contribution in [2.45, 2.75) is 12.6 Å². The van der Waals surface area contributed by atoms with Gasteiger partial charge in [-0.25, -0.2) is 9.78 Å². The lowest BCUT2D eigenvalue weighted by molar-refractivity contribution is -0.139. The van der Waals surface area contributed by atoms with Crippen LogP contribution < -0.4 is 14.4 Å². The lowest BCUT2D eigenvalue weighted by Gasteiger charge is -2.18. The number of aromatic nitrogens is 2.